The molecule has 3 rings (SSSR count). The van der Waals surface area contributed by atoms with Gasteiger partial charge in [-0.3, -0.25) is 9.59 Å². The number of nitrogens with two attached hydrogens (primary N) is 1. The van der Waals surface area contributed by atoms with Gasteiger partial charge in [0.05, 0.1) is 5.92 Å². The Kier molecular flexibility index (Phi) is 8.10. The molecule has 1 aromatic carbocycles. The molecule has 2 aromatic rings. The van der Waals surface area contributed by atoms with E-state index in [1.807, 2.05) is 18.2 Å². The van der Waals surface area contributed by atoms with Crippen LogP contribution in [0.5, 0.6) is 0 Å². The smallest absolute Gasteiger partial charge is 0.289 e. The standard InChI is InChI=1S/C23H31N3O3.ClH/c1-23(2,3)18-8-6-16(7-9-18)19-10-11-20(29-19)22(28)26-14-4-5-17(15-26)21(27)25-13-12-24;/h6-11,17H,4-5,12-15,24H2,1-3H3,(H,25,27);1H. The molecule has 1 aliphatic rings. The predicted octanol–water partition coefficient (Wildman–Crippen LogP) is 3.59. The Balaban J connectivity index is 0.00000320. The zero-order valence-electron chi connectivity index (χ0n) is 17.9. The minimum atomic E-state index is -0.196. The fraction of sp³-hybridized carbons (Fsp3) is 0.478. The van der Waals surface area contributed by atoms with Gasteiger partial charge >= 0.3 is 0 Å². The van der Waals surface area contributed by atoms with E-state index in [4.69, 9.17) is 10.2 Å². The molecule has 1 fully saturated rings. The van der Waals surface area contributed by atoms with Crippen molar-refractivity contribution in [2.45, 2.75) is 39.0 Å². The van der Waals surface area contributed by atoms with Crippen molar-refractivity contribution in [1.29, 1.82) is 0 Å². The quantitative estimate of drug-likeness (QED) is 0.754. The number of likely N-dealkylation sites (tertiary alicyclic amines) is 1. The molecule has 1 unspecified atom stereocenters. The average molecular weight is 434 g/mol. The first-order valence-corrected chi connectivity index (χ1v) is 10.3. The number of hydrogen-bond donors (Lipinski definition) is 2. The Morgan fingerprint density at radius 1 is 1.17 bits per heavy atom. The van der Waals surface area contributed by atoms with Gasteiger partial charge in [0.1, 0.15) is 5.76 Å². The first-order valence-electron chi connectivity index (χ1n) is 10.3. The number of piperidine rings is 1. The molecule has 1 saturated heterocycles. The lowest BCUT2D eigenvalue weighted by atomic mass is 9.86. The molecule has 30 heavy (non-hydrogen) atoms. The lowest BCUT2D eigenvalue weighted by Crippen LogP contribution is -2.46. The van der Waals surface area contributed by atoms with E-state index in [2.05, 4.69) is 38.2 Å². The second-order valence-corrected chi connectivity index (χ2v) is 8.66. The SMILES string of the molecule is CC(C)(C)c1ccc(-c2ccc(C(=O)N3CCCC(C(=O)NCCN)C3)o2)cc1.Cl. The fourth-order valence-electron chi connectivity index (χ4n) is 3.61. The Hall–Kier alpha value is -2.31. The van der Waals surface area contributed by atoms with Gasteiger partial charge in [0.25, 0.3) is 5.91 Å². The number of nitrogens with one attached hydrogen (secondary N) is 1. The van der Waals surface area contributed by atoms with Crippen LogP contribution in [0.25, 0.3) is 11.3 Å². The van der Waals surface area contributed by atoms with Crippen LogP contribution in [0, 0.1) is 5.92 Å². The first kappa shape index (κ1) is 24.0. The van der Waals surface area contributed by atoms with Gasteiger partial charge in [0.2, 0.25) is 5.91 Å². The highest BCUT2D eigenvalue weighted by Gasteiger charge is 2.30. The van der Waals surface area contributed by atoms with Crippen LogP contribution in [0.2, 0.25) is 0 Å². The van der Waals surface area contributed by atoms with Gasteiger partial charge in [0.15, 0.2) is 5.76 Å². The molecule has 0 spiro atoms. The second kappa shape index (κ2) is 10.1. The highest BCUT2D eigenvalue weighted by molar-refractivity contribution is 5.92. The highest BCUT2D eigenvalue weighted by Crippen LogP contribution is 2.28. The predicted molar refractivity (Wildman–Crippen MR) is 121 cm³/mol. The average Bonchev–Trinajstić information content (AvgIpc) is 3.21. The largest absolute Gasteiger partial charge is 0.451 e. The van der Waals surface area contributed by atoms with Gasteiger partial charge in [0, 0.05) is 31.7 Å². The Morgan fingerprint density at radius 3 is 2.50 bits per heavy atom. The molecular weight excluding hydrogens is 402 g/mol. The number of benzene rings is 1. The molecule has 1 aromatic heterocycles. The molecule has 2 heterocycles. The number of carbonyl (C=O) groups is 2. The van der Waals surface area contributed by atoms with E-state index < -0.39 is 0 Å². The van der Waals surface area contributed by atoms with Crippen molar-refractivity contribution in [1.82, 2.24) is 10.2 Å². The topological polar surface area (TPSA) is 88.6 Å². The van der Waals surface area contributed by atoms with Crippen LogP contribution in [0.15, 0.2) is 40.8 Å². The molecule has 6 nitrogen and oxygen atoms in total. The van der Waals surface area contributed by atoms with E-state index in [1.165, 1.54) is 5.56 Å². The molecule has 2 amide bonds. The van der Waals surface area contributed by atoms with Crippen LogP contribution in [0.4, 0.5) is 0 Å². The van der Waals surface area contributed by atoms with E-state index in [0.717, 1.165) is 18.4 Å². The third kappa shape index (κ3) is 5.64. The van der Waals surface area contributed by atoms with Crippen LogP contribution in [-0.2, 0) is 10.2 Å². The summed E-state index contributed by atoms with van der Waals surface area (Å²) >= 11 is 0. The van der Waals surface area contributed by atoms with Crippen LogP contribution < -0.4 is 11.1 Å². The van der Waals surface area contributed by atoms with E-state index >= 15 is 0 Å². The molecule has 0 bridgehead atoms. The maximum absolute atomic E-state index is 12.9. The third-order valence-corrected chi connectivity index (χ3v) is 5.38. The molecule has 1 aliphatic heterocycles. The molecular formula is C23H32ClN3O3. The monoisotopic (exact) mass is 433 g/mol. The molecule has 1 atom stereocenters. The van der Waals surface area contributed by atoms with Gasteiger partial charge in [-0.2, -0.15) is 0 Å². The van der Waals surface area contributed by atoms with Crippen molar-refractivity contribution in [3.8, 4) is 11.3 Å². The Bertz CT molecular complexity index is 855. The molecule has 164 valence electrons. The Labute approximate surface area is 184 Å². The van der Waals surface area contributed by atoms with Crippen molar-refractivity contribution in [2.75, 3.05) is 26.2 Å². The lowest BCUT2D eigenvalue weighted by molar-refractivity contribution is -0.126. The van der Waals surface area contributed by atoms with Gasteiger partial charge in [-0.1, -0.05) is 45.0 Å². The minimum Gasteiger partial charge on any atom is -0.451 e. The summed E-state index contributed by atoms with van der Waals surface area (Å²) in [7, 11) is 0. The van der Waals surface area contributed by atoms with Gasteiger partial charge in [-0.15, -0.1) is 12.4 Å². The number of amides is 2. The van der Waals surface area contributed by atoms with Crippen LogP contribution >= 0.6 is 12.4 Å². The number of furan rings is 1. The van der Waals surface area contributed by atoms with Gasteiger partial charge in [-0.05, 0) is 36.0 Å². The summed E-state index contributed by atoms with van der Waals surface area (Å²) in [6.45, 7) is 8.43. The number of nitrogens with zero attached hydrogens (tertiary/aromatic N) is 1. The number of halogens is 1. The Morgan fingerprint density at radius 2 is 1.87 bits per heavy atom. The van der Waals surface area contributed by atoms with Crippen molar-refractivity contribution < 1.29 is 14.0 Å². The zero-order valence-corrected chi connectivity index (χ0v) is 18.8. The minimum absolute atomic E-state index is 0. The summed E-state index contributed by atoms with van der Waals surface area (Å²) in [5.41, 5.74) is 7.72. The van der Waals surface area contributed by atoms with E-state index in [9.17, 15) is 9.59 Å². The zero-order chi connectivity index (χ0) is 21.0. The van der Waals surface area contributed by atoms with Crippen molar-refractivity contribution >= 4 is 24.2 Å². The number of carbonyl (C=O) groups excluding carboxylic acids is 2. The number of rotatable bonds is 5. The lowest BCUT2D eigenvalue weighted by Gasteiger charge is -2.31. The molecule has 3 N–H and O–H groups in total. The third-order valence-electron chi connectivity index (χ3n) is 5.38. The maximum atomic E-state index is 12.9. The first-order chi connectivity index (χ1) is 13.8. The summed E-state index contributed by atoms with van der Waals surface area (Å²) in [5, 5.41) is 2.82. The molecule has 0 radical (unpaired) electrons. The van der Waals surface area contributed by atoms with Crippen LogP contribution in [0.1, 0.15) is 49.7 Å². The molecule has 7 heteroatoms. The fourth-order valence-corrected chi connectivity index (χ4v) is 3.61. The maximum Gasteiger partial charge on any atom is 0.289 e. The van der Waals surface area contributed by atoms with E-state index in [1.54, 1.807) is 11.0 Å². The van der Waals surface area contributed by atoms with Crippen LogP contribution in [0.3, 0.4) is 0 Å². The summed E-state index contributed by atoms with van der Waals surface area (Å²) in [6.07, 6.45) is 1.58. The van der Waals surface area contributed by atoms with E-state index in [0.29, 0.717) is 37.7 Å². The molecule has 0 aliphatic carbocycles. The summed E-state index contributed by atoms with van der Waals surface area (Å²) in [5.74, 6) is 0.579. The van der Waals surface area contributed by atoms with Crippen molar-refractivity contribution in [2.24, 2.45) is 11.7 Å². The second-order valence-electron chi connectivity index (χ2n) is 8.66. The highest BCUT2D eigenvalue weighted by atomic mass is 35.5. The normalized spacial score (nSPS) is 16.7. The van der Waals surface area contributed by atoms with Crippen molar-refractivity contribution in [3.63, 3.8) is 0 Å². The summed E-state index contributed by atoms with van der Waals surface area (Å²) in [4.78, 5) is 26.8. The van der Waals surface area contributed by atoms with Gasteiger partial charge < -0.3 is 20.4 Å². The summed E-state index contributed by atoms with van der Waals surface area (Å²) in [6, 6.07) is 11.8. The van der Waals surface area contributed by atoms with Crippen LogP contribution in [-0.4, -0.2) is 42.9 Å². The van der Waals surface area contributed by atoms with E-state index in [-0.39, 0.29) is 35.6 Å². The van der Waals surface area contributed by atoms with Crippen molar-refractivity contribution in [3.05, 3.63) is 47.7 Å². The molecule has 0 saturated carbocycles. The summed E-state index contributed by atoms with van der Waals surface area (Å²) < 4.78 is 5.86. The van der Waals surface area contributed by atoms with Gasteiger partial charge in [-0.25, -0.2) is 0 Å². The number of hydrogen-bond acceptors (Lipinski definition) is 4.